The number of hydrogen-bond acceptors (Lipinski definition) is 6. The third-order valence-electron chi connectivity index (χ3n) is 4.40. The van der Waals surface area contributed by atoms with Gasteiger partial charge >= 0.3 is 0 Å². The number of carbonyl (C=O) groups excluding carboxylic acids is 1. The molecular weight excluding hydrogens is 336 g/mol. The van der Waals surface area contributed by atoms with Crippen molar-refractivity contribution < 1.29 is 23.5 Å². The quantitative estimate of drug-likeness (QED) is 0.782. The van der Waals surface area contributed by atoms with E-state index in [1.54, 1.807) is 0 Å². The van der Waals surface area contributed by atoms with Crippen molar-refractivity contribution in [3.05, 3.63) is 59.3 Å². The molecule has 0 saturated heterocycles. The van der Waals surface area contributed by atoms with E-state index in [2.05, 4.69) is 10.5 Å². The second kappa shape index (κ2) is 5.80. The molecule has 0 radical (unpaired) electrons. The summed E-state index contributed by atoms with van der Waals surface area (Å²) in [5, 5.41) is 6.81. The van der Waals surface area contributed by atoms with E-state index in [4.69, 9.17) is 18.7 Å². The fraction of sp³-hybridized carbons (Fsp3) is 0.158. The molecule has 2 aliphatic rings. The molecule has 130 valence electrons. The van der Waals surface area contributed by atoms with Crippen molar-refractivity contribution in [2.75, 3.05) is 6.79 Å². The summed E-state index contributed by atoms with van der Waals surface area (Å²) in [6.07, 6.45) is 0. The van der Waals surface area contributed by atoms with Crippen LogP contribution in [0, 0.1) is 0 Å². The zero-order valence-corrected chi connectivity index (χ0v) is 13.7. The standard InChI is InChI=1S/C19H14N2O5/c22-19(20-8-11-5-6-15-16(7-11)25-10-24-15)17-13-9-23-14-4-2-1-3-12(14)18(13)26-21-17/h1-7H,8-10H2,(H,20,22). The number of aromatic nitrogens is 1. The number of nitrogens with one attached hydrogen (secondary N) is 1. The van der Waals surface area contributed by atoms with E-state index in [-0.39, 0.29) is 25.0 Å². The first kappa shape index (κ1) is 14.8. The lowest BCUT2D eigenvalue weighted by atomic mass is 10.0. The number of para-hydroxylation sites is 1. The summed E-state index contributed by atoms with van der Waals surface area (Å²) < 4.78 is 21.8. The van der Waals surface area contributed by atoms with Gasteiger partial charge in [0.25, 0.3) is 5.91 Å². The molecule has 0 saturated carbocycles. The van der Waals surface area contributed by atoms with E-state index < -0.39 is 0 Å². The molecule has 2 aliphatic heterocycles. The Kier molecular flexibility index (Phi) is 3.31. The summed E-state index contributed by atoms with van der Waals surface area (Å²) in [4.78, 5) is 12.6. The SMILES string of the molecule is O=C(NCc1ccc2c(c1)OCO2)c1noc2c1COc1ccccc1-2. The van der Waals surface area contributed by atoms with Gasteiger partial charge in [-0.1, -0.05) is 23.4 Å². The fourth-order valence-electron chi connectivity index (χ4n) is 3.08. The number of hydrogen-bond donors (Lipinski definition) is 1. The van der Waals surface area contributed by atoms with Gasteiger partial charge in [-0.3, -0.25) is 4.79 Å². The lowest BCUT2D eigenvalue weighted by Crippen LogP contribution is -2.24. The maximum atomic E-state index is 12.6. The molecule has 0 spiro atoms. The van der Waals surface area contributed by atoms with E-state index in [1.807, 2.05) is 42.5 Å². The largest absolute Gasteiger partial charge is 0.488 e. The van der Waals surface area contributed by atoms with Gasteiger partial charge in [-0.2, -0.15) is 0 Å². The second-order valence-corrected chi connectivity index (χ2v) is 5.99. The van der Waals surface area contributed by atoms with Crippen LogP contribution in [0.5, 0.6) is 17.2 Å². The highest BCUT2D eigenvalue weighted by molar-refractivity contribution is 5.95. The smallest absolute Gasteiger partial charge is 0.274 e. The van der Waals surface area contributed by atoms with Gasteiger partial charge in [-0.05, 0) is 29.8 Å². The number of rotatable bonds is 3. The molecule has 3 aromatic rings. The summed E-state index contributed by atoms with van der Waals surface area (Å²) in [6, 6.07) is 13.1. The van der Waals surface area contributed by atoms with E-state index in [0.29, 0.717) is 29.4 Å². The van der Waals surface area contributed by atoms with Gasteiger partial charge in [0.05, 0.1) is 11.1 Å². The second-order valence-electron chi connectivity index (χ2n) is 5.99. The summed E-state index contributed by atoms with van der Waals surface area (Å²) in [7, 11) is 0. The van der Waals surface area contributed by atoms with Crippen LogP contribution in [0.25, 0.3) is 11.3 Å². The molecule has 1 N–H and O–H groups in total. The Morgan fingerprint density at radius 2 is 1.92 bits per heavy atom. The summed E-state index contributed by atoms with van der Waals surface area (Å²) in [6.45, 7) is 0.814. The van der Waals surface area contributed by atoms with Crippen LogP contribution in [0.4, 0.5) is 0 Å². The molecule has 5 rings (SSSR count). The molecule has 2 aromatic carbocycles. The maximum Gasteiger partial charge on any atom is 0.274 e. The zero-order valence-electron chi connectivity index (χ0n) is 13.7. The van der Waals surface area contributed by atoms with Gasteiger partial charge in [0.1, 0.15) is 12.4 Å². The van der Waals surface area contributed by atoms with Gasteiger partial charge in [0, 0.05) is 6.54 Å². The van der Waals surface area contributed by atoms with Crippen LogP contribution in [-0.4, -0.2) is 17.9 Å². The third kappa shape index (κ3) is 2.36. The molecule has 7 heteroatoms. The number of amides is 1. The van der Waals surface area contributed by atoms with E-state index in [9.17, 15) is 4.79 Å². The molecule has 0 fully saturated rings. The minimum Gasteiger partial charge on any atom is -0.488 e. The minimum atomic E-state index is -0.310. The molecule has 0 atom stereocenters. The molecule has 1 amide bonds. The first-order valence-corrected chi connectivity index (χ1v) is 8.17. The Morgan fingerprint density at radius 1 is 1.04 bits per heavy atom. The van der Waals surface area contributed by atoms with Gasteiger partial charge in [-0.15, -0.1) is 0 Å². The number of nitrogens with zero attached hydrogens (tertiary/aromatic N) is 1. The molecule has 26 heavy (non-hydrogen) atoms. The van der Waals surface area contributed by atoms with E-state index >= 15 is 0 Å². The number of ether oxygens (including phenoxy) is 3. The normalized spacial score (nSPS) is 13.5. The average Bonchev–Trinajstić information content (AvgIpc) is 3.32. The predicted molar refractivity (Wildman–Crippen MR) is 90.0 cm³/mol. The van der Waals surface area contributed by atoms with Crippen molar-refractivity contribution in [2.45, 2.75) is 13.2 Å². The van der Waals surface area contributed by atoms with Gasteiger partial charge in [-0.25, -0.2) is 0 Å². The highest BCUT2D eigenvalue weighted by atomic mass is 16.7. The average molecular weight is 350 g/mol. The highest BCUT2D eigenvalue weighted by Gasteiger charge is 2.28. The third-order valence-corrected chi connectivity index (χ3v) is 4.40. The predicted octanol–water partition coefficient (Wildman–Crippen LogP) is 2.89. The summed E-state index contributed by atoms with van der Waals surface area (Å²) >= 11 is 0. The minimum absolute atomic E-state index is 0.220. The first-order chi connectivity index (χ1) is 12.8. The van der Waals surface area contributed by atoms with Crippen molar-refractivity contribution in [2.24, 2.45) is 0 Å². The monoisotopic (exact) mass is 350 g/mol. The van der Waals surface area contributed by atoms with Crippen molar-refractivity contribution >= 4 is 5.91 Å². The Balaban J connectivity index is 1.35. The zero-order chi connectivity index (χ0) is 17.5. The fourth-order valence-corrected chi connectivity index (χ4v) is 3.08. The van der Waals surface area contributed by atoms with Crippen LogP contribution in [0.1, 0.15) is 21.6 Å². The Bertz CT molecular complexity index is 1010. The van der Waals surface area contributed by atoms with Gasteiger partial charge in [0.2, 0.25) is 6.79 Å². The van der Waals surface area contributed by atoms with Crippen molar-refractivity contribution in [1.29, 1.82) is 0 Å². The molecule has 3 heterocycles. The molecular formula is C19H14N2O5. The van der Waals surface area contributed by atoms with E-state index in [0.717, 1.165) is 16.9 Å². The maximum absolute atomic E-state index is 12.6. The van der Waals surface area contributed by atoms with Crippen LogP contribution in [-0.2, 0) is 13.2 Å². The highest BCUT2D eigenvalue weighted by Crippen LogP contribution is 2.38. The molecule has 0 bridgehead atoms. The van der Waals surface area contributed by atoms with Gasteiger partial charge in [0.15, 0.2) is 23.0 Å². The van der Waals surface area contributed by atoms with Crippen LogP contribution in [0.3, 0.4) is 0 Å². The lowest BCUT2D eigenvalue weighted by molar-refractivity contribution is 0.0939. The summed E-state index contributed by atoms with van der Waals surface area (Å²) in [5.74, 6) is 2.39. The molecule has 0 aliphatic carbocycles. The summed E-state index contributed by atoms with van der Waals surface area (Å²) in [5.41, 5.74) is 2.61. The van der Waals surface area contributed by atoms with Crippen LogP contribution >= 0.6 is 0 Å². The van der Waals surface area contributed by atoms with Crippen LogP contribution in [0.15, 0.2) is 47.0 Å². The van der Waals surface area contributed by atoms with Crippen molar-refractivity contribution in [3.63, 3.8) is 0 Å². The van der Waals surface area contributed by atoms with Gasteiger partial charge < -0.3 is 24.1 Å². The lowest BCUT2D eigenvalue weighted by Gasteiger charge is -2.15. The molecule has 7 nitrogen and oxygen atoms in total. The molecule has 0 unspecified atom stereocenters. The topological polar surface area (TPSA) is 82.8 Å². The van der Waals surface area contributed by atoms with E-state index in [1.165, 1.54) is 0 Å². The first-order valence-electron chi connectivity index (χ1n) is 8.17. The number of fused-ring (bicyclic) bond motifs is 4. The Labute approximate surface area is 148 Å². The van der Waals surface area contributed by atoms with Crippen molar-refractivity contribution in [1.82, 2.24) is 10.5 Å². The van der Waals surface area contributed by atoms with Crippen LogP contribution < -0.4 is 19.5 Å². The Hall–Kier alpha value is -3.48. The molecule has 1 aromatic heterocycles. The van der Waals surface area contributed by atoms with Crippen LogP contribution in [0.2, 0.25) is 0 Å². The van der Waals surface area contributed by atoms with Crippen molar-refractivity contribution in [3.8, 4) is 28.6 Å². The Morgan fingerprint density at radius 3 is 2.88 bits per heavy atom. The number of carbonyl (C=O) groups is 1. The number of benzene rings is 2.